The zero-order valence-electron chi connectivity index (χ0n) is 6.42. The topological polar surface area (TPSA) is 18.5 Å². The maximum absolute atomic E-state index is 5.07. The lowest BCUT2D eigenvalue weighted by Gasteiger charge is -2.35. The van der Waals surface area contributed by atoms with Crippen LogP contribution in [0.15, 0.2) is 0 Å². The summed E-state index contributed by atoms with van der Waals surface area (Å²) in [4.78, 5) is 4.30. The number of hydrogen-bond donors (Lipinski definition) is 1. The molecule has 0 atom stereocenters. The van der Waals surface area contributed by atoms with Gasteiger partial charge in [0.25, 0.3) is 0 Å². The minimum Gasteiger partial charge on any atom is -0.350 e. The van der Waals surface area contributed by atoms with Crippen LogP contribution < -0.4 is 5.32 Å². The molecule has 1 N–H and O–H groups in total. The van der Waals surface area contributed by atoms with E-state index in [0.29, 0.717) is 0 Å². The molecule has 0 aliphatic carbocycles. The van der Waals surface area contributed by atoms with Gasteiger partial charge in [0.1, 0.15) is 0 Å². The van der Waals surface area contributed by atoms with Crippen molar-refractivity contribution < 1.29 is 0 Å². The third-order valence-electron chi connectivity index (χ3n) is 1.58. The van der Waals surface area contributed by atoms with E-state index < -0.39 is 0 Å². The van der Waals surface area contributed by atoms with Crippen LogP contribution in [0.25, 0.3) is 0 Å². The van der Waals surface area contributed by atoms with E-state index in [9.17, 15) is 0 Å². The van der Waals surface area contributed by atoms with Gasteiger partial charge >= 0.3 is 0 Å². The van der Waals surface area contributed by atoms with Crippen LogP contribution in [0.4, 0.5) is 0 Å². The molecule has 0 amide bonds. The van der Waals surface area contributed by atoms with E-state index in [1.807, 2.05) is 0 Å². The zero-order chi connectivity index (χ0) is 7.56. The molecule has 0 aromatic heterocycles. The Hall–Kier alpha value is -0.350. The molecule has 10 heavy (non-hydrogen) atoms. The number of thiocarbonyl (C=S) groups is 1. The van der Waals surface area contributed by atoms with Gasteiger partial charge in [-0.05, 0) is 26.2 Å². The lowest BCUT2D eigenvalue weighted by atomic mass is 10.5. The molecule has 1 rings (SSSR count). The Bertz CT molecular complexity index is 137. The van der Waals surface area contributed by atoms with E-state index in [-0.39, 0.29) is 0 Å². The summed E-state index contributed by atoms with van der Waals surface area (Å²) >= 11 is 5.07. The van der Waals surface area contributed by atoms with E-state index in [0.717, 1.165) is 25.0 Å². The minimum atomic E-state index is 0.870. The second-order valence-corrected chi connectivity index (χ2v) is 2.88. The highest BCUT2D eigenvalue weighted by atomic mass is 32.1. The van der Waals surface area contributed by atoms with Crippen LogP contribution in [0.1, 0.15) is 6.92 Å². The molecule has 0 aromatic carbocycles. The summed E-state index contributed by atoms with van der Waals surface area (Å²) in [5.74, 6) is 0. The molecule has 1 fully saturated rings. The third-order valence-corrected chi connectivity index (χ3v) is 1.98. The molecular weight excluding hydrogens is 146 g/mol. The van der Waals surface area contributed by atoms with Crippen molar-refractivity contribution in [2.75, 3.05) is 26.9 Å². The number of rotatable bonds is 1. The Morgan fingerprint density at radius 1 is 1.70 bits per heavy atom. The number of nitrogens with one attached hydrogen (secondary N) is 1. The molecule has 4 heteroatoms. The molecule has 1 aliphatic heterocycles. The molecule has 1 heterocycles. The predicted molar refractivity (Wildman–Crippen MR) is 45.6 cm³/mol. The van der Waals surface area contributed by atoms with Gasteiger partial charge in [0.05, 0.1) is 13.3 Å². The van der Waals surface area contributed by atoms with Crippen LogP contribution in [-0.2, 0) is 0 Å². The largest absolute Gasteiger partial charge is 0.350 e. The first kappa shape index (κ1) is 7.75. The summed E-state index contributed by atoms with van der Waals surface area (Å²) < 4.78 is 0. The minimum absolute atomic E-state index is 0.870. The molecule has 0 radical (unpaired) electrons. The Balaban J connectivity index is 2.45. The van der Waals surface area contributed by atoms with E-state index in [2.05, 4.69) is 29.1 Å². The highest BCUT2D eigenvalue weighted by Crippen LogP contribution is 1.97. The van der Waals surface area contributed by atoms with Gasteiger partial charge in [0.2, 0.25) is 0 Å². The maximum atomic E-state index is 5.07. The normalized spacial score (nSPS) is 21.0. The number of nitrogens with zero attached hydrogens (tertiary/aromatic N) is 2. The van der Waals surface area contributed by atoms with Crippen molar-refractivity contribution in [3.05, 3.63) is 0 Å². The fourth-order valence-corrected chi connectivity index (χ4v) is 1.22. The van der Waals surface area contributed by atoms with Crippen LogP contribution in [0.5, 0.6) is 0 Å². The first-order chi connectivity index (χ1) is 4.74. The Labute approximate surface area is 67.0 Å². The lowest BCUT2D eigenvalue weighted by molar-refractivity contribution is 0.191. The van der Waals surface area contributed by atoms with Gasteiger partial charge < -0.3 is 10.2 Å². The summed E-state index contributed by atoms with van der Waals surface area (Å²) in [6.07, 6.45) is 0. The van der Waals surface area contributed by atoms with Gasteiger partial charge in [-0.2, -0.15) is 0 Å². The van der Waals surface area contributed by atoms with Crippen molar-refractivity contribution in [3.63, 3.8) is 0 Å². The smallest absolute Gasteiger partial charge is 0.170 e. The maximum Gasteiger partial charge on any atom is 0.170 e. The van der Waals surface area contributed by atoms with Gasteiger partial charge in [0, 0.05) is 6.54 Å². The molecular formula is C6H13N3S. The van der Waals surface area contributed by atoms with Crippen LogP contribution in [0.2, 0.25) is 0 Å². The fraction of sp³-hybridized carbons (Fsp3) is 0.833. The van der Waals surface area contributed by atoms with Crippen LogP contribution in [-0.4, -0.2) is 41.8 Å². The monoisotopic (exact) mass is 159 g/mol. The molecule has 0 unspecified atom stereocenters. The van der Waals surface area contributed by atoms with Crippen molar-refractivity contribution in [2.24, 2.45) is 0 Å². The quantitative estimate of drug-likeness (QED) is 0.544. The predicted octanol–water partition coefficient (Wildman–Crippen LogP) is 0.0432. The average molecular weight is 159 g/mol. The standard InChI is InChI=1S/C6H13N3S/c1-3-9-5-8(2)4-7-6(9)10/h3-5H2,1-2H3,(H,7,10). The molecule has 1 saturated heterocycles. The van der Waals surface area contributed by atoms with Gasteiger partial charge in [-0.3, -0.25) is 4.90 Å². The average Bonchev–Trinajstić information content (AvgIpc) is 1.94. The summed E-state index contributed by atoms with van der Waals surface area (Å²) in [5.41, 5.74) is 0. The molecule has 58 valence electrons. The molecule has 0 saturated carbocycles. The molecule has 0 bridgehead atoms. The first-order valence-electron chi connectivity index (χ1n) is 3.45. The van der Waals surface area contributed by atoms with Crippen molar-refractivity contribution in [2.45, 2.75) is 6.92 Å². The second kappa shape index (κ2) is 3.16. The van der Waals surface area contributed by atoms with E-state index >= 15 is 0 Å². The number of hydrogen-bond acceptors (Lipinski definition) is 2. The van der Waals surface area contributed by atoms with Crippen LogP contribution in [0.3, 0.4) is 0 Å². The molecule has 0 spiro atoms. The molecule has 1 aliphatic rings. The Morgan fingerprint density at radius 3 is 2.90 bits per heavy atom. The highest BCUT2D eigenvalue weighted by Gasteiger charge is 2.14. The van der Waals surface area contributed by atoms with Crippen LogP contribution >= 0.6 is 12.2 Å². The first-order valence-corrected chi connectivity index (χ1v) is 3.86. The fourth-order valence-electron chi connectivity index (χ4n) is 0.964. The van der Waals surface area contributed by atoms with Gasteiger partial charge in [-0.1, -0.05) is 0 Å². The molecule has 0 aromatic rings. The van der Waals surface area contributed by atoms with Crippen molar-refractivity contribution in [3.8, 4) is 0 Å². The van der Waals surface area contributed by atoms with Gasteiger partial charge in [-0.15, -0.1) is 0 Å². The Morgan fingerprint density at radius 2 is 2.40 bits per heavy atom. The summed E-state index contributed by atoms with van der Waals surface area (Å²) in [7, 11) is 2.07. The second-order valence-electron chi connectivity index (χ2n) is 2.49. The van der Waals surface area contributed by atoms with Crippen molar-refractivity contribution in [1.29, 1.82) is 0 Å². The third kappa shape index (κ3) is 1.58. The van der Waals surface area contributed by atoms with Crippen molar-refractivity contribution in [1.82, 2.24) is 15.1 Å². The van der Waals surface area contributed by atoms with Gasteiger partial charge in [0.15, 0.2) is 5.11 Å². The Kier molecular flexibility index (Phi) is 2.45. The summed E-state index contributed by atoms with van der Waals surface area (Å²) in [6, 6.07) is 0. The van der Waals surface area contributed by atoms with E-state index in [1.54, 1.807) is 0 Å². The summed E-state index contributed by atoms with van der Waals surface area (Å²) in [6.45, 7) is 4.90. The van der Waals surface area contributed by atoms with E-state index in [1.165, 1.54) is 0 Å². The van der Waals surface area contributed by atoms with E-state index in [4.69, 9.17) is 12.2 Å². The summed E-state index contributed by atoms with van der Waals surface area (Å²) in [5, 5.41) is 3.99. The highest BCUT2D eigenvalue weighted by molar-refractivity contribution is 7.80. The lowest BCUT2D eigenvalue weighted by Crippen LogP contribution is -2.54. The van der Waals surface area contributed by atoms with Crippen LogP contribution in [0, 0.1) is 0 Å². The van der Waals surface area contributed by atoms with Crippen molar-refractivity contribution >= 4 is 17.3 Å². The zero-order valence-corrected chi connectivity index (χ0v) is 7.24. The molecule has 3 nitrogen and oxygen atoms in total. The SMILES string of the molecule is CCN1CN(C)CNC1=S. The van der Waals surface area contributed by atoms with Gasteiger partial charge in [-0.25, -0.2) is 0 Å².